The van der Waals surface area contributed by atoms with Crippen molar-refractivity contribution < 1.29 is 14.6 Å². The van der Waals surface area contributed by atoms with Crippen molar-refractivity contribution in [3.63, 3.8) is 0 Å². The first-order valence-corrected chi connectivity index (χ1v) is 9.47. The second-order valence-electron chi connectivity index (χ2n) is 7.74. The molecule has 3 saturated heterocycles. The monoisotopic (exact) mass is 362 g/mol. The summed E-state index contributed by atoms with van der Waals surface area (Å²) in [6.07, 6.45) is 3.77. The first-order valence-electron chi connectivity index (χ1n) is 9.47. The van der Waals surface area contributed by atoms with Gasteiger partial charge in [-0.25, -0.2) is 9.78 Å². The van der Waals surface area contributed by atoms with Gasteiger partial charge in [-0.2, -0.15) is 0 Å². The van der Waals surface area contributed by atoms with Gasteiger partial charge in [0.05, 0.1) is 31.1 Å². The Morgan fingerprint density at radius 2 is 2.27 bits per heavy atom. The Bertz CT molecular complexity index is 620. The average Bonchev–Trinajstić information content (AvgIpc) is 2.87. The Labute approximate surface area is 155 Å². The molecule has 7 heteroatoms. The highest BCUT2D eigenvalue weighted by atomic mass is 16.5. The quantitative estimate of drug-likeness (QED) is 0.836. The van der Waals surface area contributed by atoms with Crippen LogP contribution in [0.3, 0.4) is 0 Å². The van der Waals surface area contributed by atoms with E-state index >= 15 is 0 Å². The summed E-state index contributed by atoms with van der Waals surface area (Å²) < 4.78 is 5.45. The predicted octanol–water partition coefficient (Wildman–Crippen LogP) is 1.86. The van der Waals surface area contributed by atoms with Crippen LogP contribution in [0, 0.1) is 5.41 Å². The molecule has 0 aromatic carbocycles. The number of aromatic nitrogens is 1. The van der Waals surface area contributed by atoms with E-state index in [-0.39, 0.29) is 24.1 Å². The molecule has 2 N–H and O–H groups in total. The Hall–Kier alpha value is -2.02. The van der Waals surface area contributed by atoms with Gasteiger partial charge < -0.3 is 25.0 Å². The maximum Gasteiger partial charge on any atom is 0.317 e. The van der Waals surface area contributed by atoms with E-state index in [1.54, 1.807) is 0 Å². The number of ether oxygens (including phenoxy) is 1. The number of urea groups is 1. The molecule has 0 saturated carbocycles. The van der Waals surface area contributed by atoms with Gasteiger partial charge in [-0.1, -0.05) is 13.8 Å². The fraction of sp³-hybridized carbons (Fsp3) is 0.684. The largest absolute Gasteiger partial charge is 0.478 e. The van der Waals surface area contributed by atoms with E-state index in [0.717, 1.165) is 31.6 Å². The molecule has 3 fully saturated rings. The number of aliphatic hydroxyl groups excluding tert-OH is 1. The van der Waals surface area contributed by atoms with E-state index in [0.29, 0.717) is 25.1 Å². The second-order valence-corrected chi connectivity index (χ2v) is 7.74. The summed E-state index contributed by atoms with van der Waals surface area (Å²) in [5, 5.41) is 11.8. The maximum atomic E-state index is 12.5. The molecule has 3 aliphatic heterocycles. The van der Waals surface area contributed by atoms with Crippen LogP contribution in [0.1, 0.15) is 33.6 Å². The van der Waals surface area contributed by atoms with Gasteiger partial charge in [0, 0.05) is 31.7 Å². The van der Waals surface area contributed by atoms with Crippen LogP contribution in [-0.2, 0) is 0 Å². The Morgan fingerprint density at radius 1 is 1.46 bits per heavy atom. The van der Waals surface area contributed by atoms with E-state index in [1.165, 1.54) is 0 Å². The predicted molar refractivity (Wildman–Crippen MR) is 101 cm³/mol. The van der Waals surface area contributed by atoms with Crippen molar-refractivity contribution in [1.82, 2.24) is 15.2 Å². The number of hydrogen-bond acceptors (Lipinski definition) is 5. The summed E-state index contributed by atoms with van der Waals surface area (Å²) in [5.74, 6) is 0.639. The summed E-state index contributed by atoms with van der Waals surface area (Å²) in [7, 11) is 0. The van der Waals surface area contributed by atoms with Crippen LogP contribution in [0.25, 0.3) is 0 Å². The van der Waals surface area contributed by atoms with Crippen molar-refractivity contribution in [1.29, 1.82) is 0 Å². The lowest BCUT2D eigenvalue weighted by molar-refractivity contribution is 0.145. The van der Waals surface area contributed by atoms with Gasteiger partial charge in [-0.3, -0.25) is 0 Å². The molecule has 4 rings (SSSR count). The summed E-state index contributed by atoms with van der Waals surface area (Å²) in [4.78, 5) is 21.3. The Balaban J connectivity index is 1.82. The second kappa shape index (κ2) is 7.70. The zero-order chi connectivity index (χ0) is 18.7. The Morgan fingerprint density at radius 3 is 2.92 bits per heavy atom. The number of rotatable bonds is 5. The number of aliphatic hydroxyl groups is 1. The number of piperidine rings is 1. The zero-order valence-electron chi connectivity index (χ0n) is 15.9. The molecule has 2 amide bonds. The topological polar surface area (TPSA) is 77.9 Å². The lowest BCUT2D eigenvalue weighted by Gasteiger charge is -2.49. The number of carbonyl (C=O) groups excluding carboxylic acids is 1. The van der Waals surface area contributed by atoms with E-state index < -0.39 is 0 Å². The first-order chi connectivity index (χ1) is 12.5. The third-order valence-electron chi connectivity index (χ3n) is 5.53. The third kappa shape index (κ3) is 3.72. The van der Waals surface area contributed by atoms with Crippen LogP contribution in [0.2, 0.25) is 0 Å². The van der Waals surface area contributed by atoms with Crippen LogP contribution in [0.4, 0.5) is 10.5 Å². The van der Waals surface area contributed by atoms with Gasteiger partial charge in [0.25, 0.3) is 0 Å². The molecule has 0 spiro atoms. The van der Waals surface area contributed by atoms with E-state index in [1.807, 2.05) is 24.1 Å². The zero-order valence-corrected chi connectivity index (χ0v) is 15.9. The van der Waals surface area contributed by atoms with Crippen LogP contribution in [0.5, 0.6) is 5.88 Å². The summed E-state index contributed by atoms with van der Waals surface area (Å²) in [6.45, 7) is 8.91. The summed E-state index contributed by atoms with van der Waals surface area (Å²) >= 11 is 0. The fourth-order valence-corrected chi connectivity index (χ4v) is 4.38. The molecule has 1 aromatic heterocycles. The van der Waals surface area contributed by atoms with E-state index in [4.69, 9.17) is 9.84 Å². The SMILES string of the molecule is CCOc1ccc(N2C[C@H]3CC(C)(C)[C@@H]2CCN3C(=O)NCCO)cn1. The highest BCUT2D eigenvalue weighted by Gasteiger charge is 2.47. The van der Waals surface area contributed by atoms with Crippen molar-refractivity contribution in [2.75, 3.05) is 37.7 Å². The minimum absolute atomic E-state index is 0.0393. The number of carbonyl (C=O) groups is 1. The minimum Gasteiger partial charge on any atom is -0.478 e. The van der Waals surface area contributed by atoms with Gasteiger partial charge in [0.15, 0.2) is 0 Å². The highest BCUT2D eigenvalue weighted by molar-refractivity contribution is 5.75. The molecular weight excluding hydrogens is 332 g/mol. The molecule has 3 aliphatic rings. The lowest BCUT2D eigenvalue weighted by atomic mass is 9.74. The normalized spacial score (nSPS) is 24.3. The molecule has 2 bridgehead atoms. The molecule has 0 unspecified atom stereocenters. The van der Waals surface area contributed by atoms with Crippen molar-refractivity contribution in [3.8, 4) is 5.88 Å². The first kappa shape index (κ1) is 18.8. The van der Waals surface area contributed by atoms with Crippen LogP contribution < -0.4 is 15.0 Å². The van der Waals surface area contributed by atoms with Crippen molar-refractivity contribution >= 4 is 11.7 Å². The number of pyridine rings is 1. The number of fused-ring (bicyclic) bond motifs is 4. The van der Waals surface area contributed by atoms with Crippen LogP contribution in [0.15, 0.2) is 18.3 Å². The van der Waals surface area contributed by atoms with Gasteiger partial charge >= 0.3 is 6.03 Å². The fourth-order valence-electron chi connectivity index (χ4n) is 4.38. The average molecular weight is 362 g/mol. The number of nitrogens with one attached hydrogen (secondary N) is 1. The standard InChI is InChI=1S/C19H30N4O3/c1-4-26-17-6-5-14(12-21-17)23-13-15-11-19(2,3)16(23)7-9-22(15)18(25)20-8-10-24/h5-6,12,15-16,24H,4,7-11,13H2,1-3H3,(H,20,25)/t15-,16+/m1/s1. The van der Waals surface area contributed by atoms with E-state index in [9.17, 15) is 4.79 Å². The number of anilines is 1. The van der Waals surface area contributed by atoms with Gasteiger partial charge in [0.2, 0.25) is 5.88 Å². The summed E-state index contributed by atoms with van der Waals surface area (Å²) in [6, 6.07) is 4.40. The third-order valence-corrected chi connectivity index (χ3v) is 5.53. The highest BCUT2D eigenvalue weighted by Crippen LogP contribution is 2.43. The molecule has 7 nitrogen and oxygen atoms in total. The number of nitrogens with zero attached hydrogens (tertiary/aromatic N) is 3. The molecule has 4 heterocycles. The Kier molecular flexibility index (Phi) is 5.55. The van der Waals surface area contributed by atoms with Gasteiger partial charge in [0.1, 0.15) is 0 Å². The molecular formula is C19H30N4O3. The lowest BCUT2D eigenvalue weighted by Crippen LogP contribution is -2.57. The molecule has 26 heavy (non-hydrogen) atoms. The molecule has 144 valence electrons. The van der Waals surface area contributed by atoms with Gasteiger partial charge in [-0.05, 0) is 31.2 Å². The molecule has 0 aliphatic carbocycles. The number of hydrogen-bond donors (Lipinski definition) is 2. The van der Waals surface area contributed by atoms with Crippen molar-refractivity contribution in [2.24, 2.45) is 5.41 Å². The summed E-state index contributed by atoms with van der Waals surface area (Å²) in [5.41, 5.74) is 1.18. The van der Waals surface area contributed by atoms with Crippen molar-refractivity contribution in [3.05, 3.63) is 18.3 Å². The molecule has 2 atom stereocenters. The molecule has 1 aromatic rings. The van der Waals surface area contributed by atoms with Crippen LogP contribution in [-0.4, -0.2) is 66.0 Å². The molecule has 0 radical (unpaired) electrons. The maximum absolute atomic E-state index is 12.5. The minimum atomic E-state index is -0.0767. The number of amides is 2. The smallest absolute Gasteiger partial charge is 0.317 e. The van der Waals surface area contributed by atoms with Gasteiger partial charge in [-0.15, -0.1) is 0 Å². The van der Waals surface area contributed by atoms with Crippen molar-refractivity contribution in [2.45, 2.75) is 45.7 Å². The van der Waals surface area contributed by atoms with E-state index in [2.05, 4.69) is 35.1 Å². The van der Waals surface area contributed by atoms with Crippen LogP contribution >= 0.6 is 0 Å².